The summed E-state index contributed by atoms with van der Waals surface area (Å²) < 4.78 is 5.58. The normalized spacial score (nSPS) is 10.9. The minimum Gasteiger partial charge on any atom is -0.489 e. The van der Waals surface area contributed by atoms with E-state index in [1.165, 1.54) is 11.3 Å². The molecule has 1 aromatic heterocycles. The molecule has 2 rings (SSSR count). The zero-order chi connectivity index (χ0) is 14.4. The molecule has 3 nitrogen and oxygen atoms in total. The van der Waals surface area contributed by atoms with Crippen LogP contribution < -0.4 is 4.74 Å². The number of ether oxygens (including phenoxy) is 1. The Morgan fingerprint density at radius 1 is 1.50 bits per heavy atom. The molecular weight excluding hydrogens is 268 g/mol. The lowest BCUT2D eigenvalue weighted by molar-refractivity contribution is 0.362. The Kier molecular flexibility index (Phi) is 4.70. The van der Waals surface area contributed by atoms with Gasteiger partial charge in [0.05, 0.1) is 5.57 Å². The van der Waals surface area contributed by atoms with Crippen molar-refractivity contribution in [1.82, 2.24) is 4.98 Å². The lowest BCUT2D eigenvalue weighted by Crippen LogP contribution is -1.94. The number of benzene rings is 1. The van der Waals surface area contributed by atoms with Crippen LogP contribution in [0.5, 0.6) is 5.75 Å². The van der Waals surface area contributed by atoms with Gasteiger partial charge >= 0.3 is 0 Å². The van der Waals surface area contributed by atoms with Gasteiger partial charge in [0.15, 0.2) is 0 Å². The van der Waals surface area contributed by atoms with Crippen molar-refractivity contribution < 1.29 is 4.74 Å². The maximum atomic E-state index is 9.31. The Bertz CT molecular complexity index is 680. The van der Waals surface area contributed by atoms with Crippen molar-refractivity contribution in [3.8, 4) is 11.8 Å². The van der Waals surface area contributed by atoms with Gasteiger partial charge in [0.1, 0.15) is 23.4 Å². The SMILES string of the molecule is C=CCOc1ccccc1/C=C(\C#N)c1nc(C)cs1. The Balaban J connectivity index is 2.37. The third-order valence-electron chi connectivity index (χ3n) is 2.55. The number of nitrogens with zero attached hydrogens (tertiary/aromatic N) is 2. The Morgan fingerprint density at radius 3 is 2.95 bits per heavy atom. The van der Waals surface area contributed by atoms with Crippen molar-refractivity contribution in [2.24, 2.45) is 0 Å². The molecule has 0 aliphatic rings. The summed E-state index contributed by atoms with van der Waals surface area (Å²) in [4.78, 5) is 4.34. The van der Waals surface area contributed by atoms with Crippen LogP contribution in [0.2, 0.25) is 0 Å². The number of thiazole rings is 1. The van der Waals surface area contributed by atoms with Crippen LogP contribution in [-0.2, 0) is 0 Å². The summed E-state index contributed by atoms with van der Waals surface area (Å²) >= 11 is 1.47. The van der Waals surface area contributed by atoms with E-state index in [0.717, 1.165) is 22.0 Å². The molecule has 0 atom stereocenters. The van der Waals surface area contributed by atoms with E-state index in [9.17, 15) is 5.26 Å². The van der Waals surface area contributed by atoms with Crippen LogP contribution in [0.1, 0.15) is 16.3 Å². The predicted molar refractivity (Wildman–Crippen MR) is 82.5 cm³/mol. The van der Waals surface area contributed by atoms with Crippen LogP contribution >= 0.6 is 11.3 Å². The van der Waals surface area contributed by atoms with E-state index in [1.54, 1.807) is 12.2 Å². The fraction of sp³-hybridized carbons (Fsp3) is 0.125. The van der Waals surface area contributed by atoms with E-state index >= 15 is 0 Å². The summed E-state index contributed by atoms with van der Waals surface area (Å²) in [6, 6.07) is 9.79. The first-order valence-electron chi connectivity index (χ1n) is 6.11. The Labute approximate surface area is 122 Å². The van der Waals surface area contributed by atoms with Gasteiger partial charge in [-0.05, 0) is 19.1 Å². The van der Waals surface area contributed by atoms with Gasteiger partial charge in [0.2, 0.25) is 0 Å². The molecule has 0 spiro atoms. The highest BCUT2D eigenvalue weighted by atomic mass is 32.1. The molecule has 0 N–H and O–H groups in total. The monoisotopic (exact) mass is 282 g/mol. The summed E-state index contributed by atoms with van der Waals surface area (Å²) in [5.41, 5.74) is 2.32. The van der Waals surface area contributed by atoms with E-state index < -0.39 is 0 Å². The van der Waals surface area contributed by atoms with Crippen LogP contribution in [0.25, 0.3) is 11.6 Å². The van der Waals surface area contributed by atoms with Crippen molar-refractivity contribution in [2.45, 2.75) is 6.92 Å². The summed E-state index contributed by atoms with van der Waals surface area (Å²) in [5, 5.41) is 12.0. The van der Waals surface area contributed by atoms with E-state index in [-0.39, 0.29) is 0 Å². The van der Waals surface area contributed by atoms with Gasteiger partial charge in [-0.3, -0.25) is 0 Å². The van der Waals surface area contributed by atoms with Crippen molar-refractivity contribution in [1.29, 1.82) is 5.26 Å². The lowest BCUT2D eigenvalue weighted by Gasteiger charge is -2.07. The van der Waals surface area contributed by atoms with Crippen LogP contribution in [0.3, 0.4) is 0 Å². The minimum absolute atomic E-state index is 0.434. The van der Waals surface area contributed by atoms with Gasteiger partial charge in [0.25, 0.3) is 0 Å². The Morgan fingerprint density at radius 2 is 2.30 bits per heavy atom. The third-order valence-corrected chi connectivity index (χ3v) is 3.54. The second-order valence-electron chi connectivity index (χ2n) is 4.10. The number of aromatic nitrogens is 1. The van der Waals surface area contributed by atoms with Crippen LogP contribution in [0, 0.1) is 18.3 Å². The van der Waals surface area contributed by atoms with Gasteiger partial charge in [-0.2, -0.15) is 5.26 Å². The molecule has 0 aliphatic carbocycles. The first-order chi connectivity index (χ1) is 9.74. The van der Waals surface area contributed by atoms with E-state index in [1.807, 2.05) is 36.6 Å². The number of allylic oxidation sites excluding steroid dienone is 1. The number of aryl methyl sites for hydroxylation is 1. The molecule has 0 fully saturated rings. The van der Waals surface area contributed by atoms with Gasteiger partial charge in [-0.25, -0.2) is 4.98 Å². The molecule has 1 heterocycles. The topological polar surface area (TPSA) is 45.9 Å². The molecule has 0 saturated carbocycles. The average Bonchev–Trinajstić information content (AvgIpc) is 2.90. The molecule has 100 valence electrons. The van der Waals surface area contributed by atoms with Crippen LogP contribution in [0.4, 0.5) is 0 Å². The molecule has 0 unspecified atom stereocenters. The largest absolute Gasteiger partial charge is 0.489 e. The standard InChI is InChI=1S/C16H14N2OS/c1-3-8-19-15-7-5-4-6-13(15)9-14(10-17)16-18-12(2)11-20-16/h3-7,9,11H,1,8H2,2H3/b14-9+. The number of nitriles is 1. The van der Waals surface area contributed by atoms with Crippen molar-refractivity contribution >= 4 is 23.0 Å². The molecule has 4 heteroatoms. The summed E-state index contributed by atoms with van der Waals surface area (Å²) in [5.74, 6) is 0.730. The summed E-state index contributed by atoms with van der Waals surface area (Å²) in [6.07, 6.45) is 3.49. The second kappa shape index (κ2) is 6.69. The zero-order valence-corrected chi connectivity index (χ0v) is 12.0. The van der Waals surface area contributed by atoms with Crippen molar-refractivity contribution in [3.05, 3.63) is 58.6 Å². The van der Waals surface area contributed by atoms with Crippen LogP contribution in [0.15, 0.2) is 42.3 Å². The second-order valence-corrected chi connectivity index (χ2v) is 4.96. The fourth-order valence-corrected chi connectivity index (χ4v) is 2.42. The van der Waals surface area contributed by atoms with Crippen LogP contribution in [-0.4, -0.2) is 11.6 Å². The molecule has 0 amide bonds. The predicted octanol–water partition coefficient (Wildman–Crippen LogP) is 4.08. The van der Waals surface area contributed by atoms with Gasteiger partial charge in [-0.15, -0.1) is 11.3 Å². The molecule has 0 bridgehead atoms. The molecule has 1 aromatic carbocycles. The van der Waals surface area contributed by atoms with E-state index in [2.05, 4.69) is 17.6 Å². The van der Waals surface area contributed by atoms with Gasteiger partial charge in [-0.1, -0.05) is 30.9 Å². The molecule has 0 aliphatic heterocycles. The van der Waals surface area contributed by atoms with Crippen molar-refractivity contribution in [2.75, 3.05) is 6.61 Å². The maximum Gasteiger partial charge on any atom is 0.134 e. The molecule has 0 saturated heterocycles. The smallest absolute Gasteiger partial charge is 0.134 e. The number of rotatable bonds is 5. The highest BCUT2D eigenvalue weighted by Crippen LogP contribution is 2.26. The molecule has 20 heavy (non-hydrogen) atoms. The molecule has 0 radical (unpaired) electrons. The Hall–Kier alpha value is -2.38. The average molecular weight is 282 g/mol. The summed E-state index contributed by atoms with van der Waals surface area (Å²) in [6.45, 7) is 5.98. The highest BCUT2D eigenvalue weighted by molar-refractivity contribution is 7.11. The van der Waals surface area contributed by atoms with Gasteiger partial charge in [0, 0.05) is 16.6 Å². The van der Waals surface area contributed by atoms with Crippen molar-refractivity contribution in [3.63, 3.8) is 0 Å². The highest BCUT2D eigenvalue weighted by Gasteiger charge is 2.07. The number of para-hydroxylation sites is 1. The number of hydrogen-bond acceptors (Lipinski definition) is 4. The quantitative estimate of drug-likeness (QED) is 0.613. The maximum absolute atomic E-state index is 9.31. The third kappa shape index (κ3) is 3.34. The first kappa shape index (κ1) is 14.0. The molecular formula is C16H14N2OS. The minimum atomic E-state index is 0.434. The van der Waals surface area contributed by atoms with E-state index in [0.29, 0.717) is 12.2 Å². The lowest BCUT2D eigenvalue weighted by atomic mass is 10.1. The summed E-state index contributed by atoms with van der Waals surface area (Å²) in [7, 11) is 0. The zero-order valence-electron chi connectivity index (χ0n) is 11.2. The van der Waals surface area contributed by atoms with Gasteiger partial charge < -0.3 is 4.74 Å². The molecule has 2 aromatic rings. The fourth-order valence-electron chi connectivity index (χ4n) is 1.65. The number of hydrogen-bond donors (Lipinski definition) is 0. The van der Waals surface area contributed by atoms with E-state index in [4.69, 9.17) is 4.74 Å². The first-order valence-corrected chi connectivity index (χ1v) is 6.99.